The zero-order valence-electron chi connectivity index (χ0n) is 13.6. The number of H-pyrrole nitrogens is 1. The first-order valence-electron chi connectivity index (χ1n) is 7.81. The Morgan fingerprint density at radius 2 is 2.12 bits per heavy atom. The van der Waals surface area contributed by atoms with Crippen LogP contribution in [0, 0.1) is 0 Å². The monoisotopic (exact) mass is 336 g/mol. The summed E-state index contributed by atoms with van der Waals surface area (Å²) in [6.45, 7) is 2.04. The minimum absolute atomic E-state index is 0.558. The van der Waals surface area contributed by atoms with E-state index in [1.807, 2.05) is 18.3 Å². The van der Waals surface area contributed by atoms with Crippen molar-refractivity contribution in [3.05, 3.63) is 30.9 Å². The van der Waals surface area contributed by atoms with Crippen molar-refractivity contribution in [2.45, 2.75) is 0 Å². The second-order valence-corrected chi connectivity index (χ2v) is 5.41. The molecule has 126 valence electrons. The Hall–Kier alpha value is -3.20. The minimum atomic E-state index is 0.558. The van der Waals surface area contributed by atoms with Gasteiger partial charge in [0.2, 0.25) is 0 Å². The van der Waals surface area contributed by atoms with Gasteiger partial charge in [0, 0.05) is 31.6 Å². The highest BCUT2D eigenvalue weighted by molar-refractivity contribution is 5.78. The average molecular weight is 336 g/mol. The molecule has 0 fully saturated rings. The SMILES string of the molecule is COCCN1CC=Nc2ncc(-c3ccc(-c4nc[nH]n4)nc3)nc21. The number of nitrogens with one attached hydrogen (secondary N) is 1. The van der Waals surface area contributed by atoms with E-state index in [0.717, 1.165) is 23.6 Å². The topological polar surface area (TPSA) is 105 Å². The third kappa shape index (κ3) is 3.09. The second kappa shape index (κ2) is 6.73. The number of methoxy groups -OCH3 is 1. The molecular weight excluding hydrogens is 320 g/mol. The number of rotatable bonds is 5. The highest BCUT2D eigenvalue weighted by Crippen LogP contribution is 2.29. The van der Waals surface area contributed by atoms with E-state index in [1.54, 1.807) is 19.5 Å². The highest BCUT2D eigenvalue weighted by Gasteiger charge is 2.18. The van der Waals surface area contributed by atoms with Crippen LogP contribution in [0.3, 0.4) is 0 Å². The molecule has 0 spiro atoms. The van der Waals surface area contributed by atoms with Gasteiger partial charge < -0.3 is 9.64 Å². The highest BCUT2D eigenvalue weighted by atomic mass is 16.5. The van der Waals surface area contributed by atoms with Crippen LogP contribution in [0.1, 0.15) is 0 Å². The van der Waals surface area contributed by atoms with Crippen LogP contribution in [0.5, 0.6) is 0 Å². The molecule has 0 saturated carbocycles. The van der Waals surface area contributed by atoms with Crippen molar-refractivity contribution >= 4 is 17.9 Å². The number of ether oxygens (including phenoxy) is 1. The summed E-state index contributed by atoms with van der Waals surface area (Å²) in [7, 11) is 1.68. The lowest BCUT2D eigenvalue weighted by atomic mass is 10.2. The maximum absolute atomic E-state index is 5.16. The number of fused-ring (bicyclic) bond motifs is 1. The number of nitrogens with zero attached hydrogens (tertiary/aromatic N) is 7. The molecule has 4 heterocycles. The van der Waals surface area contributed by atoms with Crippen molar-refractivity contribution in [2.24, 2.45) is 4.99 Å². The van der Waals surface area contributed by atoms with E-state index in [1.165, 1.54) is 6.33 Å². The minimum Gasteiger partial charge on any atom is -0.383 e. The Morgan fingerprint density at radius 3 is 2.88 bits per heavy atom. The maximum Gasteiger partial charge on any atom is 0.199 e. The van der Waals surface area contributed by atoms with Gasteiger partial charge in [-0.1, -0.05) is 0 Å². The summed E-state index contributed by atoms with van der Waals surface area (Å²) in [5.41, 5.74) is 2.31. The van der Waals surface area contributed by atoms with Gasteiger partial charge in [0.15, 0.2) is 17.5 Å². The van der Waals surface area contributed by atoms with Crippen molar-refractivity contribution in [1.82, 2.24) is 30.1 Å². The molecule has 9 nitrogen and oxygen atoms in total. The Kier molecular flexibility index (Phi) is 4.13. The summed E-state index contributed by atoms with van der Waals surface area (Å²) in [6, 6.07) is 3.79. The van der Waals surface area contributed by atoms with Crippen LogP contribution < -0.4 is 4.90 Å². The molecule has 0 amide bonds. The van der Waals surface area contributed by atoms with Gasteiger partial charge in [-0.3, -0.25) is 10.1 Å². The van der Waals surface area contributed by atoms with Crippen LogP contribution in [-0.4, -0.2) is 63.2 Å². The predicted octanol–water partition coefficient (Wildman–Crippen LogP) is 1.49. The lowest BCUT2D eigenvalue weighted by Gasteiger charge is -2.25. The van der Waals surface area contributed by atoms with Gasteiger partial charge in [0.1, 0.15) is 12.0 Å². The lowest BCUT2D eigenvalue weighted by molar-refractivity contribution is 0.206. The third-order valence-electron chi connectivity index (χ3n) is 3.82. The molecular formula is C16H16N8O. The summed E-state index contributed by atoms with van der Waals surface area (Å²) in [4.78, 5) is 24.1. The maximum atomic E-state index is 5.16. The fourth-order valence-corrected chi connectivity index (χ4v) is 2.54. The fraction of sp³-hybridized carbons (Fsp3) is 0.250. The summed E-state index contributed by atoms with van der Waals surface area (Å²) >= 11 is 0. The molecule has 4 rings (SSSR count). The van der Waals surface area contributed by atoms with Crippen LogP contribution in [-0.2, 0) is 4.74 Å². The Labute approximate surface area is 143 Å². The van der Waals surface area contributed by atoms with Crippen LogP contribution in [0.2, 0.25) is 0 Å². The largest absolute Gasteiger partial charge is 0.383 e. The van der Waals surface area contributed by atoms with E-state index < -0.39 is 0 Å². The number of hydrogen-bond donors (Lipinski definition) is 1. The molecule has 1 aliphatic heterocycles. The number of anilines is 1. The van der Waals surface area contributed by atoms with E-state index in [2.05, 4.69) is 35.0 Å². The van der Waals surface area contributed by atoms with Crippen LogP contribution in [0.4, 0.5) is 11.6 Å². The second-order valence-electron chi connectivity index (χ2n) is 5.41. The van der Waals surface area contributed by atoms with E-state index in [0.29, 0.717) is 30.5 Å². The van der Waals surface area contributed by atoms with Gasteiger partial charge in [-0.05, 0) is 12.1 Å². The molecule has 0 aromatic carbocycles. The molecule has 1 N–H and O–H groups in total. The molecule has 1 aliphatic rings. The summed E-state index contributed by atoms with van der Waals surface area (Å²) in [5.74, 6) is 1.94. The molecule has 0 atom stereocenters. The fourth-order valence-electron chi connectivity index (χ4n) is 2.54. The Balaban J connectivity index is 1.64. The standard InChI is InChI=1S/C16H16N8O/c1-25-7-6-24-5-4-17-15-16(24)22-13(9-19-15)11-2-3-12(18-8-11)14-20-10-21-23-14/h2-4,8-10H,5-7H2,1H3,(H,20,21,23). The number of aliphatic imine (C=N–C) groups is 1. The first kappa shape index (κ1) is 15.3. The van der Waals surface area contributed by atoms with Gasteiger partial charge in [-0.25, -0.2) is 19.9 Å². The predicted molar refractivity (Wildman–Crippen MR) is 92.9 cm³/mol. The Bertz CT molecular complexity index is 876. The molecule has 0 radical (unpaired) electrons. The quantitative estimate of drug-likeness (QED) is 0.752. The smallest absolute Gasteiger partial charge is 0.199 e. The van der Waals surface area contributed by atoms with E-state index in [4.69, 9.17) is 9.72 Å². The van der Waals surface area contributed by atoms with Crippen molar-refractivity contribution in [2.75, 3.05) is 31.7 Å². The van der Waals surface area contributed by atoms with Gasteiger partial charge in [-0.2, -0.15) is 5.10 Å². The zero-order chi connectivity index (χ0) is 17.1. The molecule has 3 aromatic heterocycles. The number of aromatic nitrogens is 6. The van der Waals surface area contributed by atoms with E-state index >= 15 is 0 Å². The van der Waals surface area contributed by atoms with Crippen molar-refractivity contribution < 1.29 is 4.74 Å². The van der Waals surface area contributed by atoms with Crippen LogP contribution in [0.25, 0.3) is 22.8 Å². The normalized spacial score (nSPS) is 13.1. The molecule has 0 aliphatic carbocycles. The molecule has 3 aromatic rings. The van der Waals surface area contributed by atoms with Crippen LogP contribution in [0.15, 0.2) is 35.8 Å². The van der Waals surface area contributed by atoms with E-state index in [9.17, 15) is 0 Å². The summed E-state index contributed by atoms with van der Waals surface area (Å²) < 4.78 is 5.16. The molecule has 9 heteroatoms. The molecule has 25 heavy (non-hydrogen) atoms. The van der Waals surface area contributed by atoms with Crippen molar-refractivity contribution in [3.63, 3.8) is 0 Å². The molecule has 0 saturated heterocycles. The zero-order valence-corrected chi connectivity index (χ0v) is 13.6. The van der Waals surface area contributed by atoms with Crippen LogP contribution >= 0.6 is 0 Å². The first-order chi connectivity index (χ1) is 12.3. The number of aromatic amines is 1. The van der Waals surface area contributed by atoms with Gasteiger partial charge >= 0.3 is 0 Å². The third-order valence-corrected chi connectivity index (χ3v) is 3.82. The molecule has 0 bridgehead atoms. The van der Waals surface area contributed by atoms with Gasteiger partial charge in [0.25, 0.3) is 0 Å². The first-order valence-corrected chi connectivity index (χ1v) is 7.81. The molecule has 0 unspecified atom stereocenters. The van der Waals surface area contributed by atoms with Gasteiger partial charge in [0.05, 0.1) is 25.0 Å². The van der Waals surface area contributed by atoms with Crippen molar-refractivity contribution in [3.8, 4) is 22.8 Å². The van der Waals surface area contributed by atoms with E-state index in [-0.39, 0.29) is 0 Å². The number of pyridine rings is 1. The number of hydrogen-bond acceptors (Lipinski definition) is 8. The van der Waals surface area contributed by atoms with Crippen molar-refractivity contribution in [1.29, 1.82) is 0 Å². The lowest BCUT2D eigenvalue weighted by Crippen LogP contribution is -2.32. The average Bonchev–Trinajstić information content (AvgIpc) is 3.21. The summed E-state index contributed by atoms with van der Waals surface area (Å²) in [6.07, 6.45) is 6.81. The van der Waals surface area contributed by atoms with Gasteiger partial charge in [-0.15, -0.1) is 0 Å². The Morgan fingerprint density at radius 1 is 1.16 bits per heavy atom. The summed E-state index contributed by atoms with van der Waals surface area (Å²) in [5, 5.41) is 6.70.